The standard InChI is InChI=1S/C19H22ClNO3/c1-19(24-3,15-7-5-8-16(20)12-15)13-21-18(22)11-14-6-4-9-17(10-14)23-2/h4-10,12H,11,13H2,1-3H3,(H,21,22). The lowest BCUT2D eigenvalue weighted by molar-refractivity contribution is -0.122. The highest BCUT2D eigenvalue weighted by atomic mass is 35.5. The Kier molecular flexibility index (Phi) is 6.23. The fourth-order valence-corrected chi connectivity index (χ4v) is 2.60. The zero-order valence-corrected chi connectivity index (χ0v) is 14.9. The molecule has 0 fully saturated rings. The molecule has 1 N–H and O–H groups in total. The lowest BCUT2D eigenvalue weighted by Gasteiger charge is -2.29. The normalized spacial score (nSPS) is 13.2. The second-order valence-corrected chi connectivity index (χ2v) is 6.19. The molecule has 0 saturated heterocycles. The fourth-order valence-electron chi connectivity index (χ4n) is 2.41. The highest BCUT2D eigenvalue weighted by Gasteiger charge is 2.27. The molecule has 1 amide bonds. The summed E-state index contributed by atoms with van der Waals surface area (Å²) in [5, 5.41) is 3.57. The van der Waals surface area contributed by atoms with E-state index in [0.717, 1.165) is 16.9 Å². The average molecular weight is 348 g/mol. The quantitative estimate of drug-likeness (QED) is 0.833. The van der Waals surface area contributed by atoms with Gasteiger partial charge >= 0.3 is 0 Å². The number of methoxy groups -OCH3 is 2. The van der Waals surface area contributed by atoms with Crippen molar-refractivity contribution in [2.24, 2.45) is 0 Å². The second kappa shape index (κ2) is 8.18. The summed E-state index contributed by atoms with van der Waals surface area (Å²) in [4.78, 5) is 12.2. The Morgan fingerprint density at radius 2 is 1.92 bits per heavy atom. The number of hydrogen-bond donors (Lipinski definition) is 1. The number of carbonyl (C=O) groups is 1. The van der Waals surface area contributed by atoms with Crippen LogP contribution in [0, 0.1) is 0 Å². The first kappa shape index (κ1) is 18.3. The molecule has 5 heteroatoms. The molecule has 2 rings (SSSR count). The number of halogens is 1. The summed E-state index contributed by atoms with van der Waals surface area (Å²) >= 11 is 6.05. The smallest absolute Gasteiger partial charge is 0.224 e. The molecule has 1 unspecified atom stereocenters. The van der Waals surface area contributed by atoms with E-state index in [1.54, 1.807) is 14.2 Å². The first-order valence-electron chi connectivity index (χ1n) is 7.67. The lowest BCUT2D eigenvalue weighted by Crippen LogP contribution is -2.40. The molecule has 0 heterocycles. The van der Waals surface area contributed by atoms with Crippen LogP contribution in [-0.2, 0) is 21.6 Å². The van der Waals surface area contributed by atoms with Gasteiger partial charge in [0.1, 0.15) is 11.4 Å². The minimum Gasteiger partial charge on any atom is -0.497 e. The molecule has 0 saturated carbocycles. The molecular formula is C19H22ClNO3. The summed E-state index contributed by atoms with van der Waals surface area (Å²) in [6.45, 7) is 2.27. The molecule has 0 aromatic heterocycles. The summed E-state index contributed by atoms with van der Waals surface area (Å²) in [7, 11) is 3.23. The Morgan fingerprint density at radius 3 is 2.58 bits per heavy atom. The largest absolute Gasteiger partial charge is 0.497 e. The van der Waals surface area contributed by atoms with E-state index in [2.05, 4.69) is 5.32 Å². The zero-order chi connectivity index (χ0) is 17.6. The minimum absolute atomic E-state index is 0.0754. The lowest BCUT2D eigenvalue weighted by atomic mass is 9.95. The molecule has 4 nitrogen and oxygen atoms in total. The van der Waals surface area contributed by atoms with E-state index in [4.69, 9.17) is 21.1 Å². The maximum Gasteiger partial charge on any atom is 0.224 e. The van der Waals surface area contributed by atoms with Gasteiger partial charge in [-0.1, -0.05) is 35.9 Å². The number of carbonyl (C=O) groups excluding carboxylic acids is 1. The van der Waals surface area contributed by atoms with Gasteiger partial charge in [0.15, 0.2) is 0 Å². The van der Waals surface area contributed by atoms with Crippen molar-refractivity contribution in [2.45, 2.75) is 18.9 Å². The molecule has 0 bridgehead atoms. The number of hydrogen-bond acceptors (Lipinski definition) is 3. The third kappa shape index (κ3) is 4.73. The molecular weight excluding hydrogens is 326 g/mol. The van der Waals surface area contributed by atoms with Crippen molar-refractivity contribution in [3.63, 3.8) is 0 Å². The van der Waals surface area contributed by atoms with E-state index in [9.17, 15) is 4.79 Å². The number of amides is 1. The number of ether oxygens (including phenoxy) is 2. The van der Waals surface area contributed by atoms with Crippen molar-refractivity contribution < 1.29 is 14.3 Å². The first-order valence-corrected chi connectivity index (χ1v) is 8.05. The number of benzene rings is 2. The van der Waals surface area contributed by atoms with Gasteiger partial charge < -0.3 is 14.8 Å². The molecule has 2 aromatic carbocycles. The van der Waals surface area contributed by atoms with Gasteiger partial charge in [-0.25, -0.2) is 0 Å². The summed E-state index contributed by atoms with van der Waals surface area (Å²) in [5.41, 5.74) is 1.17. The number of rotatable bonds is 7. The van der Waals surface area contributed by atoms with Gasteiger partial charge in [0.05, 0.1) is 20.1 Å². The maximum atomic E-state index is 12.2. The van der Waals surface area contributed by atoms with E-state index >= 15 is 0 Å². The summed E-state index contributed by atoms with van der Waals surface area (Å²) in [5.74, 6) is 0.662. The van der Waals surface area contributed by atoms with Gasteiger partial charge in [0, 0.05) is 12.1 Å². The Labute approximate surface area is 147 Å². The second-order valence-electron chi connectivity index (χ2n) is 5.75. The van der Waals surface area contributed by atoms with Gasteiger partial charge in [-0.2, -0.15) is 0 Å². The summed E-state index contributed by atoms with van der Waals surface area (Å²) in [6, 6.07) is 14.9. The van der Waals surface area contributed by atoms with Crippen LogP contribution < -0.4 is 10.1 Å². The van der Waals surface area contributed by atoms with Crippen molar-refractivity contribution in [1.29, 1.82) is 0 Å². The van der Waals surface area contributed by atoms with Crippen LogP contribution in [0.4, 0.5) is 0 Å². The first-order chi connectivity index (χ1) is 11.5. The van der Waals surface area contributed by atoms with Crippen LogP contribution in [0.3, 0.4) is 0 Å². The summed E-state index contributed by atoms with van der Waals surface area (Å²) in [6.07, 6.45) is 0.284. The SMILES string of the molecule is COc1cccc(CC(=O)NCC(C)(OC)c2cccc(Cl)c2)c1. The third-order valence-corrected chi connectivity index (χ3v) is 4.24. The van der Waals surface area contributed by atoms with E-state index < -0.39 is 5.60 Å². The van der Waals surface area contributed by atoms with Gasteiger partial charge in [-0.3, -0.25) is 4.79 Å². The third-order valence-electron chi connectivity index (χ3n) is 4.01. The summed E-state index contributed by atoms with van der Waals surface area (Å²) < 4.78 is 10.8. The predicted molar refractivity (Wildman–Crippen MR) is 95.5 cm³/mol. The van der Waals surface area contributed by atoms with Crippen LogP contribution in [-0.4, -0.2) is 26.7 Å². The minimum atomic E-state index is -0.644. The predicted octanol–water partition coefficient (Wildman–Crippen LogP) is 3.57. The van der Waals surface area contributed by atoms with Gasteiger partial charge in [0.2, 0.25) is 5.91 Å². The highest BCUT2D eigenvalue weighted by Crippen LogP contribution is 2.26. The van der Waals surface area contributed by atoms with E-state index in [1.165, 1.54) is 0 Å². The highest BCUT2D eigenvalue weighted by molar-refractivity contribution is 6.30. The monoisotopic (exact) mass is 347 g/mol. The molecule has 0 radical (unpaired) electrons. The van der Waals surface area contributed by atoms with Crippen LogP contribution in [0.15, 0.2) is 48.5 Å². The van der Waals surface area contributed by atoms with Crippen molar-refractivity contribution in [3.05, 3.63) is 64.7 Å². The Hall–Kier alpha value is -2.04. The van der Waals surface area contributed by atoms with E-state index in [-0.39, 0.29) is 12.3 Å². The molecule has 0 aliphatic rings. The van der Waals surface area contributed by atoms with Gasteiger partial charge in [-0.15, -0.1) is 0 Å². The topological polar surface area (TPSA) is 47.6 Å². The number of nitrogens with one attached hydrogen (secondary N) is 1. The van der Waals surface area contributed by atoms with E-state index in [1.807, 2.05) is 55.5 Å². The van der Waals surface area contributed by atoms with Crippen molar-refractivity contribution in [1.82, 2.24) is 5.32 Å². The fraction of sp³-hybridized carbons (Fsp3) is 0.316. The van der Waals surface area contributed by atoms with Gasteiger partial charge in [0.25, 0.3) is 0 Å². The average Bonchev–Trinajstić information content (AvgIpc) is 2.60. The van der Waals surface area contributed by atoms with Crippen molar-refractivity contribution >= 4 is 17.5 Å². The van der Waals surface area contributed by atoms with Crippen LogP contribution in [0.5, 0.6) is 5.75 Å². The molecule has 1 atom stereocenters. The van der Waals surface area contributed by atoms with Crippen LogP contribution in [0.1, 0.15) is 18.1 Å². The Balaban J connectivity index is 2.00. The maximum absolute atomic E-state index is 12.2. The molecule has 0 aliphatic heterocycles. The molecule has 0 spiro atoms. The Morgan fingerprint density at radius 1 is 1.17 bits per heavy atom. The molecule has 128 valence electrons. The zero-order valence-electron chi connectivity index (χ0n) is 14.1. The Bertz CT molecular complexity index is 705. The van der Waals surface area contributed by atoms with E-state index in [0.29, 0.717) is 11.6 Å². The molecule has 24 heavy (non-hydrogen) atoms. The molecule has 0 aliphatic carbocycles. The van der Waals surface area contributed by atoms with Crippen LogP contribution in [0.25, 0.3) is 0 Å². The van der Waals surface area contributed by atoms with Gasteiger partial charge in [-0.05, 0) is 42.3 Å². The van der Waals surface area contributed by atoms with Crippen LogP contribution in [0.2, 0.25) is 5.02 Å². The van der Waals surface area contributed by atoms with Crippen molar-refractivity contribution in [2.75, 3.05) is 20.8 Å². The molecule has 2 aromatic rings. The van der Waals surface area contributed by atoms with Crippen molar-refractivity contribution in [3.8, 4) is 5.75 Å². The van der Waals surface area contributed by atoms with Crippen LogP contribution >= 0.6 is 11.6 Å².